The highest BCUT2D eigenvalue weighted by Crippen LogP contribution is 2.43. The first-order chi connectivity index (χ1) is 14.5. The van der Waals surface area contributed by atoms with Gasteiger partial charge in [-0.15, -0.1) is 0 Å². The summed E-state index contributed by atoms with van der Waals surface area (Å²) in [7, 11) is 4.36. The number of hydrogen-bond donors (Lipinski definition) is 0. The molecule has 1 amide bonds. The summed E-state index contributed by atoms with van der Waals surface area (Å²) in [5, 5.41) is 0. The predicted octanol–water partition coefficient (Wildman–Crippen LogP) is 4.87. The molecular weight excluding hydrogens is 392 g/mol. The Morgan fingerprint density at radius 2 is 1.30 bits per heavy atom. The van der Waals surface area contributed by atoms with Crippen LogP contribution in [0.5, 0.6) is 17.2 Å². The smallest absolute Gasteiger partial charge is 0.263 e. The SMILES string of the molecule is COc1cc(C(=O)N2c3cc(F)ccc3Cc3ccc(F)cc32)cc(OC)c1OC. The maximum absolute atomic E-state index is 14.1. The van der Waals surface area contributed by atoms with Gasteiger partial charge in [-0.1, -0.05) is 12.1 Å². The van der Waals surface area contributed by atoms with Crippen molar-refractivity contribution in [3.05, 3.63) is 76.9 Å². The number of rotatable bonds is 4. The number of hydrogen-bond acceptors (Lipinski definition) is 4. The monoisotopic (exact) mass is 411 g/mol. The number of halogens is 2. The summed E-state index contributed by atoms with van der Waals surface area (Å²) in [5.41, 5.74) is 2.48. The van der Waals surface area contributed by atoms with Gasteiger partial charge in [-0.05, 0) is 47.5 Å². The molecule has 1 aliphatic rings. The van der Waals surface area contributed by atoms with Crippen LogP contribution in [-0.4, -0.2) is 27.2 Å². The molecule has 4 rings (SSSR count). The third kappa shape index (κ3) is 3.22. The highest BCUT2D eigenvalue weighted by Gasteiger charge is 2.30. The predicted molar refractivity (Wildman–Crippen MR) is 108 cm³/mol. The summed E-state index contributed by atoms with van der Waals surface area (Å²) in [6, 6.07) is 11.5. The normalized spacial score (nSPS) is 12.1. The number of anilines is 2. The van der Waals surface area contributed by atoms with Gasteiger partial charge in [0.2, 0.25) is 5.75 Å². The second-order valence-electron chi connectivity index (χ2n) is 6.78. The molecule has 0 saturated carbocycles. The van der Waals surface area contributed by atoms with E-state index in [1.807, 2.05) is 0 Å². The van der Waals surface area contributed by atoms with Crippen molar-refractivity contribution in [3.8, 4) is 17.2 Å². The number of nitrogens with zero attached hydrogens (tertiary/aromatic N) is 1. The Bertz CT molecular complexity index is 1070. The van der Waals surface area contributed by atoms with Crippen LogP contribution in [0.2, 0.25) is 0 Å². The Labute approximate surface area is 172 Å². The molecule has 0 spiro atoms. The summed E-state index contributed by atoms with van der Waals surface area (Å²) >= 11 is 0. The summed E-state index contributed by atoms with van der Waals surface area (Å²) in [4.78, 5) is 14.9. The minimum Gasteiger partial charge on any atom is -0.493 e. The molecule has 154 valence electrons. The number of carbonyl (C=O) groups excluding carboxylic acids is 1. The van der Waals surface area contributed by atoms with Crippen LogP contribution >= 0.6 is 0 Å². The number of carbonyl (C=O) groups is 1. The molecule has 7 heteroatoms. The van der Waals surface area contributed by atoms with Gasteiger partial charge >= 0.3 is 0 Å². The largest absolute Gasteiger partial charge is 0.493 e. The maximum atomic E-state index is 14.1. The van der Waals surface area contributed by atoms with Gasteiger partial charge in [-0.2, -0.15) is 0 Å². The van der Waals surface area contributed by atoms with E-state index in [1.54, 1.807) is 12.1 Å². The Kier molecular flexibility index (Phi) is 5.03. The zero-order chi connectivity index (χ0) is 21.4. The first kappa shape index (κ1) is 19.7. The fourth-order valence-corrected chi connectivity index (χ4v) is 3.68. The first-order valence-electron chi connectivity index (χ1n) is 9.18. The van der Waals surface area contributed by atoms with Crippen LogP contribution in [0, 0.1) is 11.6 Å². The average Bonchev–Trinajstić information content (AvgIpc) is 2.76. The minimum atomic E-state index is -0.490. The average molecular weight is 411 g/mol. The molecule has 0 aliphatic carbocycles. The number of ether oxygens (including phenoxy) is 3. The first-order valence-corrected chi connectivity index (χ1v) is 9.18. The molecule has 0 N–H and O–H groups in total. The van der Waals surface area contributed by atoms with Gasteiger partial charge in [0.25, 0.3) is 5.91 Å². The second-order valence-corrected chi connectivity index (χ2v) is 6.78. The van der Waals surface area contributed by atoms with E-state index in [0.29, 0.717) is 35.0 Å². The molecule has 1 aliphatic heterocycles. The quantitative estimate of drug-likeness (QED) is 0.614. The zero-order valence-electron chi connectivity index (χ0n) is 16.7. The minimum absolute atomic E-state index is 0.219. The van der Waals surface area contributed by atoms with E-state index >= 15 is 0 Å². The zero-order valence-corrected chi connectivity index (χ0v) is 16.7. The number of methoxy groups -OCH3 is 3. The van der Waals surface area contributed by atoms with E-state index in [4.69, 9.17) is 14.2 Å². The van der Waals surface area contributed by atoms with Crippen molar-refractivity contribution < 1.29 is 27.8 Å². The third-order valence-electron chi connectivity index (χ3n) is 5.07. The summed E-state index contributed by atoms with van der Waals surface area (Å²) in [5.74, 6) is -0.513. The lowest BCUT2D eigenvalue weighted by molar-refractivity contribution is 0.0997. The molecule has 3 aromatic rings. The molecule has 1 heterocycles. The van der Waals surface area contributed by atoms with E-state index in [-0.39, 0.29) is 5.56 Å². The molecule has 5 nitrogen and oxygen atoms in total. The Morgan fingerprint density at radius 1 is 0.800 bits per heavy atom. The molecule has 0 unspecified atom stereocenters. The topological polar surface area (TPSA) is 48.0 Å². The Morgan fingerprint density at radius 3 is 1.73 bits per heavy atom. The van der Waals surface area contributed by atoms with Crippen molar-refractivity contribution in [2.24, 2.45) is 0 Å². The molecule has 0 bridgehead atoms. The van der Waals surface area contributed by atoms with E-state index < -0.39 is 17.5 Å². The van der Waals surface area contributed by atoms with Crippen molar-refractivity contribution in [1.29, 1.82) is 0 Å². The van der Waals surface area contributed by atoms with Crippen LogP contribution in [0.4, 0.5) is 20.2 Å². The van der Waals surface area contributed by atoms with Crippen LogP contribution in [-0.2, 0) is 6.42 Å². The lowest BCUT2D eigenvalue weighted by Crippen LogP contribution is -2.30. The lowest BCUT2D eigenvalue weighted by atomic mass is 9.94. The van der Waals surface area contributed by atoms with Crippen molar-refractivity contribution in [3.63, 3.8) is 0 Å². The summed E-state index contributed by atoms with van der Waals surface area (Å²) in [6.45, 7) is 0. The standard InChI is InChI=1S/C23H19F2NO4/c1-28-20-9-15(10-21(29-2)22(20)30-3)23(27)26-18-11-16(24)6-4-13(18)8-14-5-7-17(25)12-19(14)26/h4-7,9-12H,8H2,1-3H3. The molecule has 30 heavy (non-hydrogen) atoms. The molecule has 3 aromatic carbocycles. The summed E-state index contributed by atoms with van der Waals surface area (Å²) in [6.07, 6.45) is 0.463. The molecule has 0 fully saturated rings. The van der Waals surface area contributed by atoms with Crippen LogP contribution < -0.4 is 19.1 Å². The highest BCUT2D eigenvalue weighted by molar-refractivity contribution is 6.13. The highest BCUT2D eigenvalue weighted by atomic mass is 19.1. The number of benzene rings is 3. The van der Waals surface area contributed by atoms with Crippen molar-refractivity contribution in [1.82, 2.24) is 0 Å². The van der Waals surface area contributed by atoms with E-state index in [1.165, 1.54) is 62.6 Å². The van der Waals surface area contributed by atoms with Gasteiger partial charge < -0.3 is 14.2 Å². The number of fused-ring (bicyclic) bond motifs is 2. The van der Waals surface area contributed by atoms with Crippen LogP contribution in [0.25, 0.3) is 0 Å². The van der Waals surface area contributed by atoms with Gasteiger partial charge in [0.15, 0.2) is 11.5 Å². The van der Waals surface area contributed by atoms with Gasteiger partial charge in [0.05, 0.1) is 32.7 Å². The van der Waals surface area contributed by atoms with Crippen molar-refractivity contribution in [2.75, 3.05) is 26.2 Å². The second kappa shape index (κ2) is 7.67. The molecule has 0 aromatic heterocycles. The van der Waals surface area contributed by atoms with Gasteiger partial charge in [-0.3, -0.25) is 9.69 Å². The fourth-order valence-electron chi connectivity index (χ4n) is 3.68. The molecule has 0 saturated heterocycles. The Hall–Kier alpha value is -3.61. The Balaban J connectivity index is 1.91. The molecule has 0 atom stereocenters. The van der Waals surface area contributed by atoms with Crippen LogP contribution in [0.1, 0.15) is 21.5 Å². The van der Waals surface area contributed by atoms with E-state index in [2.05, 4.69) is 0 Å². The van der Waals surface area contributed by atoms with Crippen LogP contribution in [0.3, 0.4) is 0 Å². The molecular formula is C23H19F2NO4. The summed E-state index contributed by atoms with van der Waals surface area (Å²) < 4.78 is 44.1. The van der Waals surface area contributed by atoms with Gasteiger partial charge in [0, 0.05) is 12.0 Å². The van der Waals surface area contributed by atoms with E-state index in [9.17, 15) is 13.6 Å². The number of amides is 1. The molecule has 0 radical (unpaired) electrons. The van der Waals surface area contributed by atoms with Crippen LogP contribution in [0.15, 0.2) is 48.5 Å². The maximum Gasteiger partial charge on any atom is 0.263 e. The third-order valence-corrected chi connectivity index (χ3v) is 5.07. The van der Waals surface area contributed by atoms with Gasteiger partial charge in [0.1, 0.15) is 11.6 Å². The fraction of sp³-hybridized carbons (Fsp3) is 0.174. The van der Waals surface area contributed by atoms with E-state index in [0.717, 1.165) is 11.1 Å². The lowest BCUT2D eigenvalue weighted by Gasteiger charge is -2.32. The van der Waals surface area contributed by atoms with Gasteiger partial charge in [-0.25, -0.2) is 8.78 Å². The van der Waals surface area contributed by atoms with Crippen molar-refractivity contribution >= 4 is 17.3 Å². The van der Waals surface area contributed by atoms with Crippen molar-refractivity contribution in [2.45, 2.75) is 6.42 Å².